The van der Waals surface area contributed by atoms with Crippen LogP contribution in [0.3, 0.4) is 0 Å². The number of aromatic nitrogens is 4. The van der Waals surface area contributed by atoms with Crippen molar-refractivity contribution in [2.24, 2.45) is 0 Å². The molecule has 0 fully saturated rings. The molecular formula is C15H17N5O. The minimum atomic E-state index is 0.713. The van der Waals surface area contributed by atoms with Crippen LogP contribution in [0.1, 0.15) is 22.6 Å². The third-order valence-electron chi connectivity index (χ3n) is 3.47. The van der Waals surface area contributed by atoms with E-state index in [4.69, 9.17) is 4.52 Å². The minimum Gasteiger partial charge on any atom is -0.361 e. The van der Waals surface area contributed by atoms with E-state index in [1.165, 1.54) is 0 Å². The molecule has 3 aromatic rings. The van der Waals surface area contributed by atoms with Gasteiger partial charge in [0.2, 0.25) is 0 Å². The molecule has 3 rings (SSSR count). The molecule has 0 saturated heterocycles. The Morgan fingerprint density at radius 3 is 2.86 bits per heavy atom. The molecule has 0 aromatic carbocycles. The van der Waals surface area contributed by atoms with Crippen LogP contribution in [0.25, 0.3) is 11.3 Å². The standard InChI is InChI=1S/C15H17N5O/c1-10-14(11(2)21-20-10)9-17-7-13-8-18-19-15(13)12-4-3-5-16-6-12/h3-6,8,17H,7,9H2,1-2H3,(H,18,19). The SMILES string of the molecule is Cc1noc(C)c1CNCc1cn[nH]c1-c1cccnc1. The first kappa shape index (κ1) is 13.5. The fourth-order valence-corrected chi connectivity index (χ4v) is 2.28. The van der Waals surface area contributed by atoms with Crippen LogP contribution in [-0.2, 0) is 13.1 Å². The normalized spacial score (nSPS) is 11.0. The van der Waals surface area contributed by atoms with Gasteiger partial charge in [0.05, 0.1) is 17.6 Å². The number of hydrogen-bond acceptors (Lipinski definition) is 5. The van der Waals surface area contributed by atoms with E-state index in [0.717, 1.165) is 40.4 Å². The van der Waals surface area contributed by atoms with Gasteiger partial charge < -0.3 is 9.84 Å². The molecule has 0 saturated carbocycles. The Balaban J connectivity index is 1.68. The zero-order chi connectivity index (χ0) is 14.7. The lowest BCUT2D eigenvalue weighted by atomic mass is 10.1. The summed E-state index contributed by atoms with van der Waals surface area (Å²) < 4.78 is 5.16. The summed E-state index contributed by atoms with van der Waals surface area (Å²) in [6.45, 7) is 5.31. The van der Waals surface area contributed by atoms with Crippen LogP contribution in [0.15, 0.2) is 35.2 Å². The zero-order valence-corrected chi connectivity index (χ0v) is 12.1. The van der Waals surface area contributed by atoms with E-state index in [9.17, 15) is 0 Å². The maximum Gasteiger partial charge on any atom is 0.138 e. The van der Waals surface area contributed by atoms with Crippen LogP contribution < -0.4 is 5.32 Å². The highest BCUT2D eigenvalue weighted by molar-refractivity contribution is 5.61. The molecule has 0 bridgehead atoms. The number of hydrogen-bond donors (Lipinski definition) is 2. The number of pyridine rings is 1. The lowest BCUT2D eigenvalue weighted by molar-refractivity contribution is 0.392. The maximum absolute atomic E-state index is 5.16. The summed E-state index contributed by atoms with van der Waals surface area (Å²) in [7, 11) is 0. The van der Waals surface area contributed by atoms with Crippen molar-refractivity contribution >= 4 is 0 Å². The summed E-state index contributed by atoms with van der Waals surface area (Å²) in [5.74, 6) is 0.861. The van der Waals surface area contributed by atoms with Gasteiger partial charge in [0.1, 0.15) is 5.76 Å². The second-order valence-corrected chi connectivity index (χ2v) is 4.92. The number of nitrogens with one attached hydrogen (secondary N) is 2. The quantitative estimate of drug-likeness (QED) is 0.751. The van der Waals surface area contributed by atoms with Crippen molar-refractivity contribution in [3.63, 3.8) is 0 Å². The number of aromatic amines is 1. The molecule has 0 aliphatic carbocycles. The van der Waals surface area contributed by atoms with Gasteiger partial charge >= 0.3 is 0 Å². The maximum atomic E-state index is 5.16. The van der Waals surface area contributed by atoms with Crippen LogP contribution in [-0.4, -0.2) is 20.3 Å². The average molecular weight is 283 g/mol. The van der Waals surface area contributed by atoms with E-state index in [1.54, 1.807) is 6.20 Å². The van der Waals surface area contributed by atoms with Crippen LogP contribution in [0.5, 0.6) is 0 Å². The summed E-state index contributed by atoms with van der Waals surface area (Å²) in [6, 6.07) is 3.93. The Hall–Kier alpha value is -2.47. The fraction of sp³-hybridized carbons (Fsp3) is 0.267. The summed E-state index contributed by atoms with van der Waals surface area (Å²) >= 11 is 0. The molecule has 0 radical (unpaired) electrons. The van der Waals surface area contributed by atoms with Gasteiger partial charge in [-0.05, 0) is 26.0 Å². The molecule has 3 aromatic heterocycles. The average Bonchev–Trinajstić information content (AvgIpc) is 3.09. The first-order chi connectivity index (χ1) is 10.3. The second-order valence-electron chi connectivity index (χ2n) is 4.92. The largest absolute Gasteiger partial charge is 0.361 e. The van der Waals surface area contributed by atoms with Gasteiger partial charge in [0.15, 0.2) is 0 Å². The Labute approximate surface area is 122 Å². The van der Waals surface area contributed by atoms with Crippen molar-refractivity contribution in [1.29, 1.82) is 0 Å². The summed E-state index contributed by atoms with van der Waals surface area (Å²) in [5.41, 5.74) is 5.18. The third kappa shape index (κ3) is 2.85. The second kappa shape index (κ2) is 5.88. The van der Waals surface area contributed by atoms with Gasteiger partial charge in [-0.3, -0.25) is 10.1 Å². The molecule has 0 spiro atoms. The van der Waals surface area contributed by atoms with Crippen LogP contribution in [0, 0.1) is 13.8 Å². The van der Waals surface area contributed by atoms with Gasteiger partial charge in [-0.2, -0.15) is 5.10 Å². The smallest absolute Gasteiger partial charge is 0.138 e. The Bertz CT molecular complexity index is 697. The number of rotatable bonds is 5. The van der Waals surface area contributed by atoms with E-state index in [2.05, 4.69) is 25.7 Å². The molecule has 3 heterocycles. The lowest BCUT2D eigenvalue weighted by Crippen LogP contribution is -2.13. The van der Waals surface area contributed by atoms with E-state index >= 15 is 0 Å². The van der Waals surface area contributed by atoms with E-state index in [1.807, 2.05) is 38.4 Å². The molecular weight excluding hydrogens is 266 g/mol. The van der Waals surface area contributed by atoms with Crippen molar-refractivity contribution in [3.8, 4) is 11.3 Å². The van der Waals surface area contributed by atoms with E-state index < -0.39 is 0 Å². The molecule has 6 nitrogen and oxygen atoms in total. The monoisotopic (exact) mass is 283 g/mol. The fourth-order valence-electron chi connectivity index (χ4n) is 2.28. The summed E-state index contributed by atoms with van der Waals surface area (Å²) in [6.07, 6.45) is 5.42. The predicted molar refractivity (Wildman–Crippen MR) is 78.3 cm³/mol. The minimum absolute atomic E-state index is 0.713. The first-order valence-corrected chi connectivity index (χ1v) is 6.81. The highest BCUT2D eigenvalue weighted by Gasteiger charge is 2.10. The molecule has 0 amide bonds. The molecule has 2 N–H and O–H groups in total. The number of H-pyrrole nitrogens is 1. The van der Waals surface area contributed by atoms with Gasteiger partial charge in [-0.1, -0.05) is 5.16 Å². The summed E-state index contributed by atoms with van der Waals surface area (Å²) in [4.78, 5) is 4.14. The molecule has 21 heavy (non-hydrogen) atoms. The van der Waals surface area contributed by atoms with Crippen molar-refractivity contribution in [1.82, 2.24) is 25.7 Å². The van der Waals surface area contributed by atoms with Gasteiger partial charge in [-0.15, -0.1) is 0 Å². The Morgan fingerprint density at radius 2 is 2.14 bits per heavy atom. The van der Waals surface area contributed by atoms with Crippen molar-refractivity contribution in [2.45, 2.75) is 26.9 Å². The molecule has 0 aliphatic heterocycles. The van der Waals surface area contributed by atoms with Gasteiger partial charge in [0, 0.05) is 42.2 Å². The predicted octanol–water partition coefficient (Wildman–Crippen LogP) is 2.37. The molecule has 0 aliphatic rings. The van der Waals surface area contributed by atoms with Crippen LogP contribution in [0.2, 0.25) is 0 Å². The highest BCUT2D eigenvalue weighted by atomic mass is 16.5. The van der Waals surface area contributed by atoms with E-state index in [0.29, 0.717) is 6.54 Å². The van der Waals surface area contributed by atoms with Gasteiger partial charge in [0.25, 0.3) is 0 Å². The molecule has 6 heteroatoms. The number of nitrogens with zero attached hydrogens (tertiary/aromatic N) is 3. The van der Waals surface area contributed by atoms with Gasteiger partial charge in [-0.25, -0.2) is 0 Å². The van der Waals surface area contributed by atoms with Crippen molar-refractivity contribution in [3.05, 3.63) is 53.3 Å². The third-order valence-corrected chi connectivity index (χ3v) is 3.47. The molecule has 0 atom stereocenters. The zero-order valence-electron chi connectivity index (χ0n) is 12.1. The lowest BCUT2D eigenvalue weighted by Gasteiger charge is -2.05. The number of aryl methyl sites for hydroxylation is 2. The first-order valence-electron chi connectivity index (χ1n) is 6.81. The van der Waals surface area contributed by atoms with Crippen LogP contribution >= 0.6 is 0 Å². The topological polar surface area (TPSA) is 79.6 Å². The van der Waals surface area contributed by atoms with Crippen LogP contribution in [0.4, 0.5) is 0 Å². The Morgan fingerprint density at radius 1 is 1.24 bits per heavy atom. The molecule has 0 unspecified atom stereocenters. The van der Waals surface area contributed by atoms with E-state index in [-0.39, 0.29) is 0 Å². The van der Waals surface area contributed by atoms with Crippen molar-refractivity contribution in [2.75, 3.05) is 0 Å². The van der Waals surface area contributed by atoms with Crippen molar-refractivity contribution < 1.29 is 4.52 Å². The Kier molecular flexibility index (Phi) is 3.79. The highest BCUT2D eigenvalue weighted by Crippen LogP contribution is 2.20. The molecule has 108 valence electrons. The summed E-state index contributed by atoms with van der Waals surface area (Å²) in [5, 5.41) is 14.5.